The number of carbonyl (C=O) groups is 1. The Morgan fingerprint density at radius 1 is 1.48 bits per heavy atom. The van der Waals surface area contributed by atoms with Crippen molar-refractivity contribution in [3.63, 3.8) is 0 Å². The molecule has 1 aliphatic rings. The predicted molar refractivity (Wildman–Crippen MR) is 102 cm³/mol. The van der Waals surface area contributed by atoms with Crippen LogP contribution in [0.4, 0.5) is 5.82 Å². The smallest absolute Gasteiger partial charge is 0.348 e. The first-order valence-corrected chi connectivity index (χ1v) is 8.93. The number of hydrogen-bond donors (Lipinski definition) is 0. The van der Waals surface area contributed by atoms with Gasteiger partial charge in [0.1, 0.15) is 23.1 Å². The third-order valence-electron chi connectivity index (χ3n) is 4.84. The number of rotatable bonds is 3. The summed E-state index contributed by atoms with van der Waals surface area (Å²) < 4.78 is 6.10. The maximum Gasteiger partial charge on any atom is 0.348 e. The molecule has 0 N–H and O–H groups in total. The molecule has 0 radical (unpaired) electrons. The zero-order chi connectivity index (χ0) is 19.6. The van der Waals surface area contributed by atoms with E-state index in [0.29, 0.717) is 17.4 Å². The molecular formula is C20H22N4O3. The van der Waals surface area contributed by atoms with Crippen LogP contribution < -0.4 is 10.5 Å². The third kappa shape index (κ3) is 3.56. The van der Waals surface area contributed by atoms with E-state index in [2.05, 4.69) is 16.6 Å². The van der Waals surface area contributed by atoms with Gasteiger partial charge in [-0.3, -0.25) is 9.20 Å². The summed E-state index contributed by atoms with van der Waals surface area (Å²) in [6, 6.07) is 5.49. The van der Waals surface area contributed by atoms with E-state index >= 15 is 0 Å². The SMILES string of the molecule is COC(=O)/C(C#N)=C/c1c(N2CCCC(C)C2)nc2c(C)cccn2c1=O. The van der Waals surface area contributed by atoms with Crippen molar-refractivity contribution >= 4 is 23.5 Å². The minimum Gasteiger partial charge on any atom is -0.465 e. The monoisotopic (exact) mass is 366 g/mol. The van der Waals surface area contributed by atoms with E-state index in [1.165, 1.54) is 17.6 Å². The van der Waals surface area contributed by atoms with E-state index < -0.39 is 5.97 Å². The van der Waals surface area contributed by atoms with Gasteiger partial charge in [0.05, 0.1) is 12.7 Å². The van der Waals surface area contributed by atoms with Gasteiger partial charge < -0.3 is 9.64 Å². The van der Waals surface area contributed by atoms with Gasteiger partial charge in [-0.1, -0.05) is 13.0 Å². The van der Waals surface area contributed by atoms with Crippen LogP contribution in [0.3, 0.4) is 0 Å². The zero-order valence-electron chi connectivity index (χ0n) is 15.7. The second kappa shape index (κ2) is 7.62. The minimum atomic E-state index is -0.774. The molecule has 27 heavy (non-hydrogen) atoms. The van der Waals surface area contributed by atoms with Crippen molar-refractivity contribution in [2.45, 2.75) is 26.7 Å². The maximum atomic E-state index is 13.2. The molecule has 0 spiro atoms. The Bertz CT molecular complexity index is 1020. The van der Waals surface area contributed by atoms with Crippen molar-refractivity contribution in [1.29, 1.82) is 5.26 Å². The fraction of sp³-hybridized carbons (Fsp3) is 0.400. The van der Waals surface area contributed by atoms with Gasteiger partial charge in [-0.15, -0.1) is 0 Å². The van der Waals surface area contributed by atoms with Crippen LogP contribution in [-0.2, 0) is 9.53 Å². The van der Waals surface area contributed by atoms with Crippen LogP contribution in [0.5, 0.6) is 0 Å². The first-order valence-electron chi connectivity index (χ1n) is 8.93. The molecule has 3 rings (SSSR count). The Labute approximate surface area is 157 Å². The number of aryl methyl sites for hydroxylation is 1. The standard InChI is InChI=1S/C20H22N4O3/c1-13-6-4-8-23(12-13)18-16(10-15(11-21)20(26)27-3)19(25)24-9-5-7-14(2)17(24)22-18/h5,7,9-10,13H,4,6,8,12H2,1-3H3/b15-10+. The molecule has 2 aromatic heterocycles. The van der Waals surface area contributed by atoms with Crippen molar-refractivity contribution in [2.24, 2.45) is 5.92 Å². The van der Waals surface area contributed by atoms with Crippen molar-refractivity contribution in [1.82, 2.24) is 9.38 Å². The molecule has 7 heteroatoms. The topological polar surface area (TPSA) is 87.7 Å². The number of methoxy groups -OCH3 is 1. The summed E-state index contributed by atoms with van der Waals surface area (Å²) in [5.41, 5.74) is 1.15. The average molecular weight is 366 g/mol. The molecule has 0 aromatic carbocycles. The quantitative estimate of drug-likeness (QED) is 0.471. The van der Waals surface area contributed by atoms with Gasteiger partial charge in [-0.2, -0.15) is 5.26 Å². The van der Waals surface area contributed by atoms with E-state index in [-0.39, 0.29) is 16.7 Å². The number of nitriles is 1. The molecular weight excluding hydrogens is 344 g/mol. The molecule has 0 aliphatic carbocycles. The highest BCUT2D eigenvalue weighted by molar-refractivity contribution is 5.98. The van der Waals surface area contributed by atoms with Gasteiger partial charge in [0.15, 0.2) is 0 Å². The van der Waals surface area contributed by atoms with Crippen molar-refractivity contribution in [3.8, 4) is 6.07 Å². The predicted octanol–water partition coefficient (Wildman–Crippen LogP) is 2.32. The number of nitrogens with zero attached hydrogens (tertiary/aromatic N) is 4. The van der Waals surface area contributed by atoms with E-state index in [1.54, 1.807) is 12.3 Å². The summed E-state index contributed by atoms with van der Waals surface area (Å²) in [6.45, 7) is 5.61. The molecule has 1 saturated heterocycles. The van der Waals surface area contributed by atoms with Gasteiger partial charge in [0.25, 0.3) is 5.56 Å². The van der Waals surface area contributed by atoms with Crippen LogP contribution in [0.1, 0.15) is 30.9 Å². The molecule has 1 fully saturated rings. The molecule has 7 nitrogen and oxygen atoms in total. The number of piperidine rings is 1. The Balaban J connectivity index is 2.29. The van der Waals surface area contributed by atoms with Gasteiger partial charge in [-0.05, 0) is 43.4 Å². The van der Waals surface area contributed by atoms with Crippen molar-refractivity contribution in [3.05, 3.63) is 45.4 Å². The summed E-state index contributed by atoms with van der Waals surface area (Å²) in [5.74, 6) is 0.213. The lowest BCUT2D eigenvalue weighted by molar-refractivity contribution is -0.135. The van der Waals surface area contributed by atoms with Crippen LogP contribution in [-0.4, -0.2) is 35.6 Å². The fourth-order valence-electron chi connectivity index (χ4n) is 3.44. The van der Waals surface area contributed by atoms with Crippen LogP contribution >= 0.6 is 0 Å². The second-order valence-electron chi connectivity index (χ2n) is 6.89. The highest BCUT2D eigenvalue weighted by atomic mass is 16.5. The first kappa shape index (κ1) is 18.6. The minimum absolute atomic E-state index is 0.227. The summed E-state index contributed by atoms with van der Waals surface area (Å²) in [5, 5.41) is 9.32. The Hall–Kier alpha value is -3.14. The molecule has 1 unspecified atom stereocenters. The Morgan fingerprint density at radius 3 is 2.93 bits per heavy atom. The zero-order valence-corrected chi connectivity index (χ0v) is 15.7. The molecule has 3 heterocycles. The number of esters is 1. The van der Waals surface area contributed by atoms with Crippen LogP contribution in [0.2, 0.25) is 0 Å². The molecule has 1 atom stereocenters. The highest BCUT2D eigenvalue weighted by Crippen LogP contribution is 2.25. The normalized spacial score (nSPS) is 17.6. The van der Waals surface area contributed by atoms with Crippen LogP contribution in [0.15, 0.2) is 28.7 Å². The lowest BCUT2D eigenvalue weighted by atomic mass is 10.00. The third-order valence-corrected chi connectivity index (χ3v) is 4.84. The van der Waals surface area contributed by atoms with Crippen molar-refractivity contribution in [2.75, 3.05) is 25.1 Å². The van der Waals surface area contributed by atoms with E-state index in [9.17, 15) is 14.9 Å². The number of hydrogen-bond acceptors (Lipinski definition) is 6. The highest BCUT2D eigenvalue weighted by Gasteiger charge is 2.24. The number of anilines is 1. The van der Waals surface area contributed by atoms with E-state index in [4.69, 9.17) is 4.98 Å². The molecule has 0 bridgehead atoms. The summed E-state index contributed by atoms with van der Waals surface area (Å²) in [7, 11) is 1.20. The lowest BCUT2D eigenvalue weighted by Crippen LogP contribution is -2.37. The number of aromatic nitrogens is 2. The number of fused-ring (bicyclic) bond motifs is 1. The van der Waals surface area contributed by atoms with Gasteiger partial charge in [0.2, 0.25) is 0 Å². The van der Waals surface area contributed by atoms with Crippen molar-refractivity contribution < 1.29 is 9.53 Å². The van der Waals surface area contributed by atoms with Gasteiger partial charge in [0, 0.05) is 19.3 Å². The molecule has 2 aromatic rings. The maximum absolute atomic E-state index is 13.2. The van der Waals surface area contributed by atoms with E-state index in [0.717, 1.165) is 31.5 Å². The first-order chi connectivity index (χ1) is 13.0. The summed E-state index contributed by atoms with van der Waals surface area (Å²) >= 11 is 0. The lowest BCUT2D eigenvalue weighted by Gasteiger charge is -2.32. The molecule has 0 saturated carbocycles. The number of pyridine rings is 1. The van der Waals surface area contributed by atoms with Gasteiger partial charge in [-0.25, -0.2) is 9.78 Å². The molecule has 140 valence electrons. The van der Waals surface area contributed by atoms with Gasteiger partial charge >= 0.3 is 5.97 Å². The Morgan fingerprint density at radius 2 is 2.26 bits per heavy atom. The molecule has 0 amide bonds. The summed E-state index contributed by atoms with van der Waals surface area (Å²) in [4.78, 5) is 31.9. The Kier molecular flexibility index (Phi) is 5.26. The van der Waals surface area contributed by atoms with E-state index in [1.807, 2.05) is 19.1 Å². The molecule has 1 aliphatic heterocycles. The van der Waals surface area contributed by atoms with Crippen LogP contribution in [0.25, 0.3) is 11.7 Å². The number of ether oxygens (including phenoxy) is 1. The second-order valence-corrected chi connectivity index (χ2v) is 6.89. The fourth-order valence-corrected chi connectivity index (χ4v) is 3.44. The largest absolute Gasteiger partial charge is 0.465 e. The number of carbonyl (C=O) groups excluding carboxylic acids is 1. The van der Waals surface area contributed by atoms with Crippen LogP contribution in [0, 0.1) is 24.2 Å². The average Bonchev–Trinajstić information content (AvgIpc) is 2.67. The summed E-state index contributed by atoms with van der Waals surface area (Å²) in [6.07, 6.45) is 5.06.